The Labute approximate surface area is 165 Å². The number of amides is 2. The fourth-order valence-corrected chi connectivity index (χ4v) is 2.87. The van der Waals surface area contributed by atoms with Gasteiger partial charge in [0.1, 0.15) is 0 Å². The molecule has 3 aromatic carbocycles. The van der Waals surface area contributed by atoms with Crippen LogP contribution in [0.25, 0.3) is 0 Å². The summed E-state index contributed by atoms with van der Waals surface area (Å²) in [4.78, 5) is 24.8. The van der Waals surface area contributed by atoms with Gasteiger partial charge in [0.2, 0.25) is 11.8 Å². The molecule has 142 valence electrons. The van der Waals surface area contributed by atoms with Crippen LogP contribution in [0, 0.1) is 13.8 Å². The van der Waals surface area contributed by atoms with Crippen molar-refractivity contribution in [2.24, 2.45) is 0 Å². The maximum Gasteiger partial charge on any atom is 0.228 e. The van der Waals surface area contributed by atoms with Gasteiger partial charge in [-0.15, -0.1) is 0 Å². The van der Waals surface area contributed by atoms with Gasteiger partial charge in [0.05, 0.1) is 24.2 Å². The standard InChI is InChI=1S/C24H24N2O2/c1-17-7-11-19(12-8-17)15-23(27)25-21-5-3-4-6-22(21)26-24(28)16-20-13-9-18(2)10-14-20/h3-14H,15-16H2,1-2H3,(H,25,27)(H,26,28). The van der Waals surface area contributed by atoms with E-state index >= 15 is 0 Å². The zero-order valence-electron chi connectivity index (χ0n) is 16.2. The number of carbonyl (C=O) groups excluding carboxylic acids is 2. The fourth-order valence-electron chi connectivity index (χ4n) is 2.87. The molecule has 0 saturated carbocycles. The molecule has 0 saturated heterocycles. The van der Waals surface area contributed by atoms with E-state index in [4.69, 9.17) is 0 Å². The van der Waals surface area contributed by atoms with Gasteiger partial charge in [-0.1, -0.05) is 71.8 Å². The summed E-state index contributed by atoms with van der Waals surface area (Å²) in [5, 5.41) is 5.79. The summed E-state index contributed by atoms with van der Waals surface area (Å²) in [6.45, 7) is 4.03. The highest BCUT2D eigenvalue weighted by Gasteiger charge is 2.10. The van der Waals surface area contributed by atoms with Crippen molar-refractivity contribution >= 4 is 23.2 Å². The Morgan fingerprint density at radius 1 is 0.607 bits per heavy atom. The van der Waals surface area contributed by atoms with Gasteiger partial charge in [0.15, 0.2) is 0 Å². The number of aryl methyl sites for hydroxylation is 2. The van der Waals surface area contributed by atoms with Gasteiger partial charge in [0, 0.05) is 0 Å². The monoisotopic (exact) mass is 372 g/mol. The molecule has 28 heavy (non-hydrogen) atoms. The van der Waals surface area contributed by atoms with Crippen molar-refractivity contribution in [1.29, 1.82) is 0 Å². The number of carbonyl (C=O) groups is 2. The second-order valence-corrected chi connectivity index (χ2v) is 6.97. The average molecular weight is 372 g/mol. The first-order valence-corrected chi connectivity index (χ1v) is 9.29. The third-order valence-electron chi connectivity index (χ3n) is 4.45. The molecule has 4 heteroatoms. The zero-order chi connectivity index (χ0) is 19.9. The van der Waals surface area contributed by atoms with E-state index in [0.717, 1.165) is 22.3 Å². The molecule has 2 N–H and O–H groups in total. The van der Waals surface area contributed by atoms with Crippen LogP contribution in [-0.2, 0) is 22.4 Å². The summed E-state index contributed by atoms with van der Waals surface area (Å²) >= 11 is 0. The maximum atomic E-state index is 12.4. The lowest BCUT2D eigenvalue weighted by Crippen LogP contribution is -2.19. The topological polar surface area (TPSA) is 58.2 Å². The Kier molecular flexibility index (Phi) is 6.22. The summed E-state index contributed by atoms with van der Waals surface area (Å²) in [6, 6.07) is 23.0. The lowest BCUT2D eigenvalue weighted by Gasteiger charge is -2.12. The van der Waals surface area contributed by atoms with E-state index in [1.54, 1.807) is 12.1 Å². The van der Waals surface area contributed by atoms with Crippen molar-refractivity contribution in [3.05, 3.63) is 95.1 Å². The molecule has 0 aliphatic heterocycles. The first-order chi connectivity index (χ1) is 13.5. The van der Waals surface area contributed by atoms with Gasteiger partial charge < -0.3 is 10.6 Å². The molecular formula is C24H24N2O2. The van der Waals surface area contributed by atoms with Crippen LogP contribution in [-0.4, -0.2) is 11.8 Å². The summed E-state index contributed by atoms with van der Waals surface area (Å²) in [5.41, 5.74) is 5.40. The molecule has 0 spiro atoms. The Bertz CT molecular complexity index is 880. The third-order valence-corrected chi connectivity index (χ3v) is 4.45. The smallest absolute Gasteiger partial charge is 0.228 e. The van der Waals surface area contributed by atoms with Crippen LogP contribution < -0.4 is 10.6 Å². The number of hydrogen-bond acceptors (Lipinski definition) is 2. The number of nitrogens with one attached hydrogen (secondary N) is 2. The highest BCUT2D eigenvalue weighted by atomic mass is 16.2. The predicted octanol–water partition coefficient (Wildman–Crippen LogP) is 4.67. The quantitative estimate of drug-likeness (QED) is 0.661. The van der Waals surface area contributed by atoms with E-state index in [1.165, 1.54) is 0 Å². The maximum absolute atomic E-state index is 12.4. The Hall–Kier alpha value is -3.40. The summed E-state index contributed by atoms with van der Waals surface area (Å²) < 4.78 is 0. The second kappa shape index (κ2) is 9.00. The molecule has 0 aromatic heterocycles. The molecule has 2 amide bonds. The summed E-state index contributed by atoms with van der Waals surface area (Å²) in [6.07, 6.45) is 0.567. The molecule has 0 bridgehead atoms. The molecule has 0 radical (unpaired) electrons. The zero-order valence-corrected chi connectivity index (χ0v) is 16.2. The van der Waals surface area contributed by atoms with Crippen LogP contribution in [0.4, 0.5) is 11.4 Å². The van der Waals surface area contributed by atoms with Crippen LogP contribution in [0.1, 0.15) is 22.3 Å². The first-order valence-electron chi connectivity index (χ1n) is 9.29. The van der Waals surface area contributed by atoms with Crippen molar-refractivity contribution in [2.75, 3.05) is 10.6 Å². The number of benzene rings is 3. The molecule has 3 rings (SSSR count). The minimum Gasteiger partial charge on any atom is -0.324 e. The normalized spacial score (nSPS) is 10.4. The SMILES string of the molecule is Cc1ccc(CC(=O)Nc2ccccc2NC(=O)Cc2ccc(C)cc2)cc1. The van der Waals surface area contributed by atoms with Crippen LogP contribution in [0.2, 0.25) is 0 Å². The van der Waals surface area contributed by atoms with E-state index in [2.05, 4.69) is 10.6 Å². The van der Waals surface area contributed by atoms with Crippen molar-refractivity contribution in [3.8, 4) is 0 Å². The Balaban J connectivity index is 1.63. The van der Waals surface area contributed by atoms with Gasteiger partial charge in [-0.3, -0.25) is 9.59 Å². The lowest BCUT2D eigenvalue weighted by molar-refractivity contribution is -0.116. The van der Waals surface area contributed by atoms with Gasteiger partial charge in [-0.25, -0.2) is 0 Å². The van der Waals surface area contributed by atoms with E-state index in [-0.39, 0.29) is 24.7 Å². The van der Waals surface area contributed by atoms with Gasteiger partial charge in [0.25, 0.3) is 0 Å². The van der Waals surface area contributed by atoms with E-state index in [0.29, 0.717) is 11.4 Å². The van der Waals surface area contributed by atoms with Crippen molar-refractivity contribution < 1.29 is 9.59 Å². The Morgan fingerprint density at radius 3 is 1.32 bits per heavy atom. The van der Waals surface area contributed by atoms with Gasteiger partial charge in [-0.05, 0) is 37.1 Å². The highest BCUT2D eigenvalue weighted by molar-refractivity contribution is 6.00. The molecule has 4 nitrogen and oxygen atoms in total. The number of hydrogen-bond donors (Lipinski definition) is 2. The largest absolute Gasteiger partial charge is 0.324 e. The second-order valence-electron chi connectivity index (χ2n) is 6.97. The van der Waals surface area contributed by atoms with Crippen molar-refractivity contribution in [1.82, 2.24) is 0 Å². The van der Waals surface area contributed by atoms with E-state index in [1.807, 2.05) is 74.5 Å². The fraction of sp³-hybridized carbons (Fsp3) is 0.167. The molecule has 0 aliphatic rings. The van der Waals surface area contributed by atoms with Crippen molar-refractivity contribution in [2.45, 2.75) is 26.7 Å². The summed E-state index contributed by atoms with van der Waals surface area (Å²) in [5.74, 6) is -0.242. The number of anilines is 2. The van der Waals surface area contributed by atoms with Gasteiger partial charge >= 0.3 is 0 Å². The Morgan fingerprint density at radius 2 is 0.964 bits per heavy atom. The molecule has 0 fully saturated rings. The minimum absolute atomic E-state index is 0.121. The number of rotatable bonds is 6. The average Bonchev–Trinajstić information content (AvgIpc) is 2.67. The van der Waals surface area contributed by atoms with Crippen molar-refractivity contribution in [3.63, 3.8) is 0 Å². The molecule has 0 heterocycles. The predicted molar refractivity (Wildman–Crippen MR) is 113 cm³/mol. The molecule has 3 aromatic rings. The molecule has 0 atom stereocenters. The third kappa shape index (κ3) is 5.55. The van der Waals surface area contributed by atoms with Crippen LogP contribution in [0.5, 0.6) is 0 Å². The number of para-hydroxylation sites is 2. The minimum atomic E-state index is -0.121. The van der Waals surface area contributed by atoms with Crippen LogP contribution in [0.15, 0.2) is 72.8 Å². The van der Waals surface area contributed by atoms with E-state index in [9.17, 15) is 9.59 Å². The van der Waals surface area contributed by atoms with E-state index < -0.39 is 0 Å². The molecular weight excluding hydrogens is 348 g/mol. The first kappa shape index (κ1) is 19.4. The molecule has 0 unspecified atom stereocenters. The van der Waals surface area contributed by atoms with Gasteiger partial charge in [-0.2, -0.15) is 0 Å². The highest BCUT2D eigenvalue weighted by Crippen LogP contribution is 2.21. The summed E-state index contributed by atoms with van der Waals surface area (Å²) in [7, 11) is 0. The molecule has 0 aliphatic carbocycles. The lowest BCUT2D eigenvalue weighted by atomic mass is 10.1. The van der Waals surface area contributed by atoms with Crippen LogP contribution >= 0.6 is 0 Å². The van der Waals surface area contributed by atoms with Crippen LogP contribution in [0.3, 0.4) is 0 Å².